The standard InChI is InChI=1S/C21H22F2N2O5S/c1-24(2)31(28,29)15-6-8-19(25-9-3-4-10-25)16(12-15)21(27)30-13-20(26)14-5-7-17(22)18(23)11-14/h5-8,11-12H,3-4,9-10,13H2,1-2H3. The number of sulfonamides is 1. The fraction of sp³-hybridized carbons (Fsp3) is 0.333. The van der Waals surface area contributed by atoms with Gasteiger partial charge in [0.2, 0.25) is 10.0 Å². The Morgan fingerprint density at radius 1 is 1.03 bits per heavy atom. The molecule has 166 valence electrons. The minimum atomic E-state index is -3.79. The van der Waals surface area contributed by atoms with Crippen LogP contribution in [0.2, 0.25) is 0 Å². The Labute approximate surface area is 179 Å². The van der Waals surface area contributed by atoms with Gasteiger partial charge in [-0.25, -0.2) is 26.3 Å². The zero-order valence-corrected chi connectivity index (χ0v) is 17.9. The summed E-state index contributed by atoms with van der Waals surface area (Å²) in [5.74, 6) is -3.88. The predicted octanol–water partition coefficient (Wildman–Crippen LogP) is 2.86. The summed E-state index contributed by atoms with van der Waals surface area (Å²) in [6.07, 6.45) is 1.86. The van der Waals surface area contributed by atoms with Crippen molar-refractivity contribution < 1.29 is 31.5 Å². The van der Waals surface area contributed by atoms with E-state index in [0.29, 0.717) is 18.8 Å². The number of hydrogen-bond acceptors (Lipinski definition) is 6. The largest absolute Gasteiger partial charge is 0.454 e. The molecule has 7 nitrogen and oxygen atoms in total. The van der Waals surface area contributed by atoms with Gasteiger partial charge in [-0.1, -0.05) is 0 Å². The molecule has 1 fully saturated rings. The van der Waals surface area contributed by atoms with Gasteiger partial charge in [-0.2, -0.15) is 0 Å². The van der Waals surface area contributed by atoms with Crippen LogP contribution in [0.15, 0.2) is 41.3 Å². The molecule has 10 heteroatoms. The van der Waals surface area contributed by atoms with Crippen LogP contribution >= 0.6 is 0 Å². The molecule has 1 aliphatic heterocycles. The summed E-state index contributed by atoms with van der Waals surface area (Å²) in [7, 11) is -1.04. The maximum atomic E-state index is 13.3. The topological polar surface area (TPSA) is 84.0 Å². The van der Waals surface area contributed by atoms with Gasteiger partial charge in [0.25, 0.3) is 0 Å². The van der Waals surface area contributed by atoms with E-state index < -0.39 is 40.0 Å². The molecule has 0 unspecified atom stereocenters. The van der Waals surface area contributed by atoms with Crippen LogP contribution in [0, 0.1) is 11.6 Å². The first kappa shape index (κ1) is 22.8. The fourth-order valence-electron chi connectivity index (χ4n) is 3.25. The lowest BCUT2D eigenvalue weighted by Crippen LogP contribution is -2.25. The highest BCUT2D eigenvalue weighted by Gasteiger charge is 2.26. The quantitative estimate of drug-likeness (QED) is 0.475. The van der Waals surface area contributed by atoms with Crippen LogP contribution in [-0.2, 0) is 14.8 Å². The molecule has 0 atom stereocenters. The van der Waals surface area contributed by atoms with Gasteiger partial charge in [0, 0.05) is 32.7 Å². The minimum Gasteiger partial charge on any atom is -0.454 e. The van der Waals surface area contributed by atoms with E-state index in [4.69, 9.17) is 4.74 Å². The van der Waals surface area contributed by atoms with E-state index in [-0.39, 0.29) is 16.0 Å². The summed E-state index contributed by atoms with van der Waals surface area (Å²) in [5.41, 5.74) is 0.388. The third kappa shape index (κ3) is 4.91. The number of hydrogen-bond donors (Lipinski definition) is 0. The monoisotopic (exact) mass is 452 g/mol. The number of anilines is 1. The zero-order chi connectivity index (χ0) is 22.8. The summed E-state index contributed by atoms with van der Waals surface area (Å²) < 4.78 is 57.5. The first-order chi connectivity index (χ1) is 14.6. The van der Waals surface area contributed by atoms with Crippen molar-refractivity contribution in [3.8, 4) is 0 Å². The second kappa shape index (κ2) is 9.11. The van der Waals surface area contributed by atoms with Gasteiger partial charge in [0.05, 0.1) is 16.1 Å². The average Bonchev–Trinajstić information content (AvgIpc) is 3.27. The van der Waals surface area contributed by atoms with Crippen LogP contribution in [0.1, 0.15) is 33.6 Å². The molecule has 0 aromatic heterocycles. The van der Waals surface area contributed by atoms with Crippen LogP contribution in [0.3, 0.4) is 0 Å². The van der Waals surface area contributed by atoms with E-state index in [9.17, 15) is 26.8 Å². The van der Waals surface area contributed by atoms with Crippen molar-refractivity contribution in [2.24, 2.45) is 0 Å². The van der Waals surface area contributed by atoms with Crippen molar-refractivity contribution in [3.63, 3.8) is 0 Å². The Balaban J connectivity index is 1.86. The van der Waals surface area contributed by atoms with Crippen LogP contribution in [0.4, 0.5) is 14.5 Å². The summed E-state index contributed by atoms with van der Waals surface area (Å²) in [4.78, 5) is 26.9. The van der Waals surface area contributed by atoms with Gasteiger partial charge >= 0.3 is 5.97 Å². The fourth-order valence-corrected chi connectivity index (χ4v) is 4.17. The van der Waals surface area contributed by atoms with Crippen molar-refractivity contribution in [1.29, 1.82) is 0 Å². The highest BCUT2D eigenvalue weighted by Crippen LogP contribution is 2.28. The van der Waals surface area contributed by atoms with Gasteiger partial charge in [-0.05, 0) is 49.2 Å². The van der Waals surface area contributed by atoms with Crippen LogP contribution < -0.4 is 4.90 Å². The van der Waals surface area contributed by atoms with E-state index in [1.54, 1.807) is 6.07 Å². The molecule has 1 saturated heterocycles. The van der Waals surface area contributed by atoms with Crippen molar-refractivity contribution >= 4 is 27.5 Å². The number of rotatable bonds is 7. The molecule has 0 radical (unpaired) electrons. The summed E-state index contributed by atoms with van der Waals surface area (Å²) in [6, 6.07) is 6.83. The van der Waals surface area contributed by atoms with Gasteiger partial charge in [0.15, 0.2) is 24.0 Å². The van der Waals surface area contributed by atoms with Crippen molar-refractivity contribution in [1.82, 2.24) is 4.31 Å². The van der Waals surface area contributed by atoms with Crippen molar-refractivity contribution in [2.75, 3.05) is 38.7 Å². The molecule has 1 aliphatic rings. The van der Waals surface area contributed by atoms with Crippen LogP contribution in [-0.4, -0.2) is 58.3 Å². The number of carbonyl (C=O) groups is 2. The van der Waals surface area contributed by atoms with E-state index in [2.05, 4.69) is 0 Å². The van der Waals surface area contributed by atoms with Crippen molar-refractivity contribution in [2.45, 2.75) is 17.7 Å². The Kier molecular flexibility index (Phi) is 6.71. The van der Waals surface area contributed by atoms with Gasteiger partial charge in [-0.3, -0.25) is 4.79 Å². The highest BCUT2D eigenvalue weighted by atomic mass is 32.2. The Hall–Kier alpha value is -2.85. The van der Waals surface area contributed by atoms with Crippen LogP contribution in [0.25, 0.3) is 0 Å². The lowest BCUT2D eigenvalue weighted by molar-refractivity contribution is 0.0475. The Morgan fingerprint density at radius 3 is 2.32 bits per heavy atom. The molecule has 0 aliphatic carbocycles. The van der Waals surface area contributed by atoms with Gasteiger partial charge in [0.1, 0.15) is 0 Å². The maximum Gasteiger partial charge on any atom is 0.340 e. The number of carbonyl (C=O) groups excluding carboxylic acids is 2. The molecular formula is C21H22F2N2O5S. The number of Topliss-reactive ketones (excluding diaryl/α,β-unsaturated/α-hetero) is 1. The van der Waals surface area contributed by atoms with E-state index >= 15 is 0 Å². The maximum absolute atomic E-state index is 13.3. The molecule has 1 heterocycles. The van der Waals surface area contributed by atoms with Gasteiger partial charge < -0.3 is 9.64 Å². The summed E-state index contributed by atoms with van der Waals surface area (Å²) in [5, 5.41) is 0. The lowest BCUT2D eigenvalue weighted by atomic mass is 10.1. The number of esters is 1. The van der Waals surface area contributed by atoms with E-state index in [0.717, 1.165) is 35.3 Å². The highest BCUT2D eigenvalue weighted by molar-refractivity contribution is 7.89. The number of ether oxygens (including phenoxy) is 1. The molecule has 0 saturated carbocycles. The molecule has 0 N–H and O–H groups in total. The molecule has 0 bridgehead atoms. The summed E-state index contributed by atoms with van der Waals surface area (Å²) >= 11 is 0. The first-order valence-electron chi connectivity index (χ1n) is 9.58. The average molecular weight is 452 g/mol. The third-order valence-electron chi connectivity index (χ3n) is 4.99. The van der Waals surface area contributed by atoms with E-state index in [1.165, 1.54) is 26.2 Å². The van der Waals surface area contributed by atoms with Crippen LogP contribution in [0.5, 0.6) is 0 Å². The third-order valence-corrected chi connectivity index (χ3v) is 6.80. The molecule has 2 aromatic rings. The SMILES string of the molecule is CN(C)S(=O)(=O)c1ccc(N2CCCC2)c(C(=O)OCC(=O)c2ccc(F)c(F)c2)c1. The minimum absolute atomic E-state index is 0.0166. The number of halogens is 2. The first-order valence-corrected chi connectivity index (χ1v) is 11.0. The predicted molar refractivity (Wildman–Crippen MR) is 110 cm³/mol. The smallest absolute Gasteiger partial charge is 0.340 e. The molecule has 2 aromatic carbocycles. The second-order valence-electron chi connectivity index (χ2n) is 7.29. The summed E-state index contributed by atoms with van der Waals surface area (Å²) in [6.45, 7) is 0.704. The molecular weight excluding hydrogens is 430 g/mol. The van der Waals surface area contributed by atoms with E-state index in [1.807, 2.05) is 4.90 Å². The van der Waals surface area contributed by atoms with Crippen molar-refractivity contribution in [3.05, 3.63) is 59.2 Å². The van der Waals surface area contributed by atoms with Gasteiger partial charge in [-0.15, -0.1) is 0 Å². The normalized spacial score (nSPS) is 14.2. The zero-order valence-electron chi connectivity index (χ0n) is 17.1. The number of nitrogens with zero attached hydrogens (tertiary/aromatic N) is 2. The Bertz CT molecular complexity index is 1110. The number of ketones is 1. The molecule has 31 heavy (non-hydrogen) atoms. The molecule has 3 rings (SSSR count). The second-order valence-corrected chi connectivity index (χ2v) is 9.44. The molecule has 0 spiro atoms. The Morgan fingerprint density at radius 2 is 1.71 bits per heavy atom. The number of benzene rings is 2. The lowest BCUT2D eigenvalue weighted by Gasteiger charge is -2.22. The molecule has 0 amide bonds.